The zero-order valence-corrected chi connectivity index (χ0v) is 5.93. The van der Waals surface area contributed by atoms with Gasteiger partial charge in [0.15, 0.2) is 0 Å². The van der Waals surface area contributed by atoms with Crippen molar-refractivity contribution in [2.45, 2.75) is 32.2 Å². The summed E-state index contributed by atoms with van der Waals surface area (Å²) in [5, 5.41) is 1.99. The molecule has 2 N–H and O–H groups in total. The first-order valence-electron chi connectivity index (χ1n) is 3.73. The predicted octanol–water partition coefficient (Wildman–Crippen LogP) is 0.734. The van der Waals surface area contributed by atoms with Crippen molar-refractivity contribution in [3.8, 4) is 0 Å². The second-order valence-electron chi connectivity index (χ2n) is 3.73. The van der Waals surface area contributed by atoms with E-state index in [1.165, 1.54) is 19.3 Å². The van der Waals surface area contributed by atoms with Gasteiger partial charge in [-0.3, -0.25) is 5.84 Å². The van der Waals surface area contributed by atoms with E-state index in [4.69, 9.17) is 5.84 Å². The molecule has 0 amide bonds. The lowest BCUT2D eigenvalue weighted by Gasteiger charge is -2.12. The summed E-state index contributed by atoms with van der Waals surface area (Å²) < 4.78 is 0. The summed E-state index contributed by atoms with van der Waals surface area (Å²) in [6.45, 7) is 3.36. The molecule has 9 heavy (non-hydrogen) atoms. The maximum Gasteiger partial charge on any atom is 0.0218 e. The molecule has 2 heteroatoms. The average molecular weight is 126 g/mol. The Morgan fingerprint density at radius 1 is 1.56 bits per heavy atom. The molecule has 1 atom stereocenters. The van der Waals surface area contributed by atoms with Crippen LogP contribution in [-0.4, -0.2) is 17.6 Å². The highest BCUT2D eigenvalue weighted by Crippen LogP contribution is 2.53. The quantitative estimate of drug-likeness (QED) is 0.485. The normalized spacial score (nSPS) is 40.0. The van der Waals surface area contributed by atoms with E-state index in [1.54, 1.807) is 0 Å². The molecule has 1 saturated heterocycles. The van der Waals surface area contributed by atoms with Crippen molar-refractivity contribution >= 4 is 0 Å². The van der Waals surface area contributed by atoms with Gasteiger partial charge in [-0.25, -0.2) is 5.01 Å². The minimum Gasteiger partial charge on any atom is -0.269 e. The summed E-state index contributed by atoms with van der Waals surface area (Å²) in [7, 11) is 0. The highest BCUT2D eigenvalue weighted by Gasteiger charge is 2.49. The predicted molar refractivity (Wildman–Crippen MR) is 36.6 cm³/mol. The molecule has 0 aromatic heterocycles. The fraction of sp³-hybridized carbons (Fsp3) is 1.00. The molecular weight excluding hydrogens is 112 g/mol. The maximum atomic E-state index is 5.73. The van der Waals surface area contributed by atoms with E-state index in [0.717, 1.165) is 6.54 Å². The fourth-order valence-electron chi connectivity index (χ4n) is 1.89. The maximum absolute atomic E-state index is 5.73. The van der Waals surface area contributed by atoms with Crippen LogP contribution in [0, 0.1) is 5.41 Å². The Bertz CT molecular complexity index is 117. The molecule has 2 aliphatic rings. The molecular formula is C7H14N2. The lowest BCUT2D eigenvalue weighted by molar-refractivity contribution is 0.272. The largest absolute Gasteiger partial charge is 0.269 e. The minimum atomic E-state index is 0.632. The number of nitrogens with two attached hydrogens (primary N) is 1. The summed E-state index contributed by atoms with van der Waals surface area (Å²) in [6, 6.07) is 0.632. The fourth-order valence-corrected chi connectivity index (χ4v) is 1.89. The molecule has 0 aromatic carbocycles. The van der Waals surface area contributed by atoms with Crippen LogP contribution in [0.3, 0.4) is 0 Å². The van der Waals surface area contributed by atoms with Crippen molar-refractivity contribution in [2.24, 2.45) is 11.3 Å². The van der Waals surface area contributed by atoms with Crippen molar-refractivity contribution in [3.63, 3.8) is 0 Å². The standard InChI is InChI=1S/C7H14N2/c1-6-4-7(2-3-7)5-9(6)8/h6H,2-5,8H2,1H3/t6-/m1/s1. The third-order valence-corrected chi connectivity index (χ3v) is 2.77. The SMILES string of the molecule is C[C@@H]1CC2(CC2)CN1N. The first-order chi connectivity index (χ1) is 4.22. The second kappa shape index (κ2) is 1.50. The van der Waals surface area contributed by atoms with Gasteiger partial charge in [-0.15, -0.1) is 0 Å². The highest BCUT2D eigenvalue weighted by molar-refractivity contribution is 5.01. The first kappa shape index (κ1) is 5.69. The summed E-state index contributed by atoms with van der Waals surface area (Å²) in [6.07, 6.45) is 4.18. The van der Waals surface area contributed by atoms with Crippen LogP contribution in [0.25, 0.3) is 0 Å². The Hall–Kier alpha value is -0.0800. The van der Waals surface area contributed by atoms with Gasteiger partial charge in [0.25, 0.3) is 0 Å². The number of hydrogen-bond acceptors (Lipinski definition) is 2. The zero-order valence-electron chi connectivity index (χ0n) is 5.93. The molecule has 1 aliphatic heterocycles. The Kier molecular flexibility index (Phi) is 0.945. The summed E-state index contributed by atoms with van der Waals surface area (Å²) in [5.41, 5.74) is 0.689. The number of rotatable bonds is 0. The Balaban J connectivity index is 2.06. The Labute approximate surface area is 56.0 Å². The number of hydrogen-bond donors (Lipinski definition) is 1. The van der Waals surface area contributed by atoms with Crippen LogP contribution in [-0.2, 0) is 0 Å². The van der Waals surface area contributed by atoms with E-state index in [0.29, 0.717) is 11.5 Å². The monoisotopic (exact) mass is 126 g/mol. The molecule has 0 radical (unpaired) electrons. The van der Waals surface area contributed by atoms with E-state index in [1.807, 2.05) is 5.01 Å². The molecule has 0 aromatic rings. The number of nitrogens with zero attached hydrogens (tertiary/aromatic N) is 1. The van der Waals surface area contributed by atoms with Gasteiger partial charge >= 0.3 is 0 Å². The molecule has 2 fully saturated rings. The van der Waals surface area contributed by atoms with Crippen LogP contribution >= 0.6 is 0 Å². The second-order valence-corrected chi connectivity index (χ2v) is 3.73. The van der Waals surface area contributed by atoms with Gasteiger partial charge < -0.3 is 0 Å². The Morgan fingerprint density at radius 3 is 2.44 bits per heavy atom. The summed E-state index contributed by atoms with van der Waals surface area (Å²) in [4.78, 5) is 0. The van der Waals surface area contributed by atoms with Crippen LogP contribution in [0.1, 0.15) is 26.2 Å². The van der Waals surface area contributed by atoms with Gasteiger partial charge in [-0.2, -0.15) is 0 Å². The average Bonchev–Trinajstić information content (AvgIpc) is 2.42. The third-order valence-electron chi connectivity index (χ3n) is 2.77. The molecule has 1 heterocycles. The molecule has 1 spiro atoms. The van der Waals surface area contributed by atoms with Crippen LogP contribution in [0.5, 0.6) is 0 Å². The van der Waals surface area contributed by atoms with Gasteiger partial charge in [0.05, 0.1) is 0 Å². The molecule has 1 saturated carbocycles. The van der Waals surface area contributed by atoms with Gasteiger partial charge in [-0.1, -0.05) is 0 Å². The third kappa shape index (κ3) is 0.775. The zero-order chi connectivity index (χ0) is 6.48. The number of hydrazine groups is 1. The van der Waals surface area contributed by atoms with Crippen LogP contribution in [0.15, 0.2) is 0 Å². The van der Waals surface area contributed by atoms with E-state index in [2.05, 4.69) is 6.92 Å². The molecule has 2 nitrogen and oxygen atoms in total. The van der Waals surface area contributed by atoms with Gasteiger partial charge in [0.2, 0.25) is 0 Å². The van der Waals surface area contributed by atoms with Crippen molar-refractivity contribution in [1.29, 1.82) is 0 Å². The van der Waals surface area contributed by atoms with Gasteiger partial charge in [-0.05, 0) is 31.6 Å². The van der Waals surface area contributed by atoms with E-state index in [-0.39, 0.29) is 0 Å². The van der Waals surface area contributed by atoms with Gasteiger partial charge in [0, 0.05) is 12.6 Å². The van der Waals surface area contributed by atoms with Gasteiger partial charge in [0.1, 0.15) is 0 Å². The molecule has 2 rings (SSSR count). The molecule has 0 bridgehead atoms. The molecule has 1 aliphatic carbocycles. The van der Waals surface area contributed by atoms with Crippen LogP contribution < -0.4 is 5.84 Å². The van der Waals surface area contributed by atoms with E-state index >= 15 is 0 Å². The molecule has 52 valence electrons. The first-order valence-corrected chi connectivity index (χ1v) is 3.73. The van der Waals surface area contributed by atoms with Crippen LogP contribution in [0.2, 0.25) is 0 Å². The molecule has 0 unspecified atom stereocenters. The summed E-state index contributed by atoms with van der Waals surface area (Å²) >= 11 is 0. The Morgan fingerprint density at radius 2 is 2.22 bits per heavy atom. The van der Waals surface area contributed by atoms with Crippen molar-refractivity contribution in [1.82, 2.24) is 5.01 Å². The van der Waals surface area contributed by atoms with Crippen molar-refractivity contribution in [3.05, 3.63) is 0 Å². The van der Waals surface area contributed by atoms with Crippen LogP contribution in [0.4, 0.5) is 0 Å². The van der Waals surface area contributed by atoms with E-state index < -0.39 is 0 Å². The lowest BCUT2D eigenvalue weighted by atomic mass is 10.0. The summed E-state index contributed by atoms with van der Waals surface area (Å²) in [5.74, 6) is 5.73. The highest BCUT2D eigenvalue weighted by atomic mass is 15.4. The van der Waals surface area contributed by atoms with E-state index in [9.17, 15) is 0 Å². The lowest BCUT2D eigenvalue weighted by Crippen LogP contribution is -2.34. The smallest absolute Gasteiger partial charge is 0.0218 e. The topological polar surface area (TPSA) is 29.3 Å². The minimum absolute atomic E-state index is 0.632. The van der Waals surface area contributed by atoms with Crippen molar-refractivity contribution in [2.75, 3.05) is 6.54 Å². The van der Waals surface area contributed by atoms with Crippen molar-refractivity contribution < 1.29 is 0 Å².